The summed E-state index contributed by atoms with van der Waals surface area (Å²) >= 11 is 0. The zero-order valence-electron chi connectivity index (χ0n) is 14.5. The fourth-order valence-corrected chi connectivity index (χ4v) is 3.51. The fourth-order valence-electron chi connectivity index (χ4n) is 3.51. The van der Waals surface area contributed by atoms with E-state index >= 15 is 0 Å². The van der Waals surface area contributed by atoms with Crippen molar-refractivity contribution in [3.05, 3.63) is 35.7 Å². The van der Waals surface area contributed by atoms with Crippen molar-refractivity contribution in [3.63, 3.8) is 0 Å². The number of nitrogens with zero attached hydrogens (tertiary/aromatic N) is 5. The van der Waals surface area contributed by atoms with E-state index in [1.54, 1.807) is 24.1 Å². The molecule has 0 aromatic carbocycles. The van der Waals surface area contributed by atoms with E-state index in [0.717, 1.165) is 57.3 Å². The molecule has 1 fully saturated rings. The molecule has 4 heterocycles. The van der Waals surface area contributed by atoms with E-state index in [0.29, 0.717) is 18.0 Å². The monoisotopic (exact) mass is 344 g/mol. The molecule has 1 amide bonds. The molecule has 0 unspecified atom stereocenters. The number of carbonyl (C=O) groups is 1. The Kier molecular flexibility index (Phi) is 4.54. The maximum atomic E-state index is 12.1. The van der Waals surface area contributed by atoms with Gasteiger partial charge in [-0.25, -0.2) is 4.98 Å². The zero-order valence-corrected chi connectivity index (χ0v) is 14.5. The number of rotatable bonds is 5. The highest BCUT2D eigenvalue weighted by molar-refractivity contribution is 5.93. The van der Waals surface area contributed by atoms with Crippen molar-refractivity contribution in [2.75, 3.05) is 26.3 Å². The molecule has 0 aliphatic carbocycles. The van der Waals surface area contributed by atoms with Crippen molar-refractivity contribution in [1.29, 1.82) is 0 Å². The summed E-state index contributed by atoms with van der Waals surface area (Å²) in [5, 5.41) is 6.93. The van der Waals surface area contributed by atoms with Gasteiger partial charge in [-0.2, -0.15) is 5.10 Å². The largest absolute Gasteiger partial charge is 0.381 e. The molecule has 0 bridgehead atoms. The Balaban J connectivity index is 1.33. The molecule has 0 saturated carbocycles. The summed E-state index contributed by atoms with van der Waals surface area (Å²) in [6, 6.07) is 0. The number of hydrogen-bond acceptors (Lipinski definition) is 5. The average Bonchev–Trinajstić information content (AvgIpc) is 3.33. The summed E-state index contributed by atoms with van der Waals surface area (Å²) in [6.45, 7) is 6.16. The predicted octanol–water partition coefficient (Wildman–Crippen LogP) is 0.399. The van der Waals surface area contributed by atoms with Gasteiger partial charge in [-0.1, -0.05) is 0 Å². The van der Waals surface area contributed by atoms with Gasteiger partial charge in [0.25, 0.3) is 5.91 Å². The summed E-state index contributed by atoms with van der Waals surface area (Å²) in [6.07, 6.45) is 6.49. The van der Waals surface area contributed by atoms with Gasteiger partial charge in [0.05, 0.1) is 37.2 Å². The molecule has 25 heavy (non-hydrogen) atoms. The van der Waals surface area contributed by atoms with Crippen LogP contribution in [0.1, 0.15) is 28.3 Å². The molecule has 2 aliphatic heterocycles. The number of imidazole rings is 1. The average molecular weight is 344 g/mol. The Bertz CT molecular complexity index is 746. The highest BCUT2D eigenvalue weighted by Gasteiger charge is 2.23. The maximum absolute atomic E-state index is 12.1. The van der Waals surface area contributed by atoms with Gasteiger partial charge >= 0.3 is 0 Å². The second-order valence-corrected chi connectivity index (χ2v) is 6.89. The van der Waals surface area contributed by atoms with Gasteiger partial charge in [-0.05, 0) is 12.3 Å². The van der Waals surface area contributed by atoms with E-state index in [1.807, 2.05) is 0 Å². The van der Waals surface area contributed by atoms with Gasteiger partial charge in [0, 0.05) is 45.7 Å². The molecule has 134 valence electrons. The Morgan fingerprint density at radius 3 is 3.08 bits per heavy atom. The van der Waals surface area contributed by atoms with E-state index in [-0.39, 0.29) is 5.91 Å². The van der Waals surface area contributed by atoms with Gasteiger partial charge in [0.2, 0.25) is 0 Å². The number of hydrogen-bond donors (Lipinski definition) is 1. The molecule has 8 nitrogen and oxygen atoms in total. The van der Waals surface area contributed by atoms with Crippen molar-refractivity contribution >= 4 is 5.91 Å². The summed E-state index contributed by atoms with van der Waals surface area (Å²) in [5.74, 6) is 1.61. The molecule has 0 radical (unpaired) electrons. The highest BCUT2D eigenvalue weighted by Crippen LogP contribution is 2.18. The molecule has 1 saturated heterocycles. The first kappa shape index (κ1) is 16.3. The minimum absolute atomic E-state index is 0.123. The van der Waals surface area contributed by atoms with Crippen LogP contribution in [0.25, 0.3) is 0 Å². The van der Waals surface area contributed by atoms with Crippen molar-refractivity contribution < 1.29 is 9.53 Å². The first-order valence-electron chi connectivity index (χ1n) is 8.79. The second-order valence-electron chi connectivity index (χ2n) is 6.89. The smallest absolute Gasteiger partial charge is 0.254 e. The van der Waals surface area contributed by atoms with Gasteiger partial charge in [-0.15, -0.1) is 0 Å². The summed E-state index contributed by atoms with van der Waals surface area (Å²) < 4.78 is 9.29. The summed E-state index contributed by atoms with van der Waals surface area (Å²) in [4.78, 5) is 19.3. The third kappa shape index (κ3) is 3.74. The summed E-state index contributed by atoms with van der Waals surface area (Å²) in [5.41, 5.74) is 1.47. The number of aryl methyl sites for hydroxylation is 1. The van der Waals surface area contributed by atoms with Crippen LogP contribution in [0.5, 0.6) is 0 Å². The normalized spacial score (nSPS) is 20.6. The van der Waals surface area contributed by atoms with Gasteiger partial charge in [0.15, 0.2) is 0 Å². The number of carbonyl (C=O) groups excluding carboxylic acids is 1. The lowest BCUT2D eigenvalue weighted by molar-refractivity contribution is 0.0950. The lowest BCUT2D eigenvalue weighted by Gasteiger charge is -2.29. The molecule has 8 heteroatoms. The number of ether oxygens (including phenoxy) is 1. The Labute approximate surface area is 146 Å². The standard InChI is InChI=1S/C17H24N6O2/c1-21-9-14(6-19-21)17(24)18-7-15-10-23-4-3-22(11-16(23)20-15)8-13-2-5-25-12-13/h6,9-10,13H,2-5,7-8,11-12H2,1H3,(H,18,24)/t13-/m1/s1. The molecular formula is C17H24N6O2. The zero-order chi connectivity index (χ0) is 17.2. The third-order valence-electron chi connectivity index (χ3n) is 4.87. The van der Waals surface area contributed by atoms with Gasteiger partial charge in [0.1, 0.15) is 5.82 Å². The minimum Gasteiger partial charge on any atom is -0.381 e. The Morgan fingerprint density at radius 2 is 2.32 bits per heavy atom. The van der Waals surface area contributed by atoms with Crippen LogP contribution < -0.4 is 5.32 Å². The lowest BCUT2D eigenvalue weighted by atomic mass is 10.1. The number of nitrogens with one attached hydrogen (secondary N) is 1. The first-order chi connectivity index (χ1) is 12.2. The Morgan fingerprint density at radius 1 is 1.40 bits per heavy atom. The quantitative estimate of drug-likeness (QED) is 0.850. The van der Waals surface area contributed by atoms with Gasteiger partial charge < -0.3 is 14.6 Å². The van der Waals surface area contributed by atoms with E-state index < -0.39 is 0 Å². The SMILES string of the molecule is Cn1cc(C(=O)NCc2cn3c(n2)CN(C[C@H]2CCOC2)CC3)cn1. The molecule has 1 N–H and O–H groups in total. The topological polar surface area (TPSA) is 77.2 Å². The first-order valence-corrected chi connectivity index (χ1v) is 8.79. The van der Waals surface area contributed by atoms with Crippen molar-refractivity contribution in [2.45, 2.75) is 26.1 Å². The van der Waals surface area contributed by atoms with E-state index in [1.165, 1.54) is 0 Å². The Hall–Kier alpha value is -2.19. The summed E-state index contributed by atoms with van der Waals surface area (Å²) in [7, 11) is 1.80. The van der Waals surface area contributed by atoms with Crippen molar-refractivity contribution in [1.82, 2.24) is 29.5 Å². The molecule has 2 aromatic rings. The van der Waals surface area contributed by atoms with Crippen molar-refractivity contribution in [2.24, 2.45) is 13.0 Å². The van der Waals surface area contributed by atoms with Gasteiger partial charge in [-0.3, -0.25) is 14.4 Å². The molecule has 1 atom stereocenters. The molecule has 4 rings (SSSR count). The van der Waals surface area contributed by atoms with Crippen LogP contribution in [-0.4, -0.2) is 56.4 Å². The van der Waals surface area contributed by atoms with Crippen LogP contribution in [0.3, 0.4) is 0 Å². The molecule has 2 aliphatic rings. The fraction of sp³-hybridized carbons (Fsp3) is 0.588. The van der Waals surface area contributed by atoms with E-state index in [9.17, 15) is 4.79 Å². The van der Waals surface area contributed by atoms with Crippen LogP contribution in [0.4, 0.5) is 0 Å². The van der Waals surface area contributed by atoms with Crippen molar-refractivity contribution in [3.8, 4) is 0 Å². The minimum atomic E-state index is -0.123. The molecule has 2 aromatic heterocycles. The van der Waals surface area contributed by atoms with Crippen LogP contribution >= 0.6 is 0 Å². The number of aromatic nitrogens is 4. The van der Waals surface area contributed by atoms with E-state index in [2.05, 4.69) is 26.1 Å². The number of fused-ring (bicyclic) bond motifs is 1. The highest BCUT2D eigenvalue weighted by atomic mass is 16.5. The van der Waals surface area contributed by atoms with Crippen LogP contribution in [0.2, 0.25) is 0 Å². The molecule has 0 spiro atoms. The maximum Gasteiger partial charge on any atom is 0.254 e. The predicted molar refractivity (Wildman–Crippen MR) is 90.8 cm³/mol. The lowest BCUT2D eigenvalue weighted by Crippen LogP contribution is -2.37. The van der Waals surface area contributed by atoms with E-state index in [4.69, 9.17) is 9.72 Å². The second kappa shape index (κ2) is 6.97. The number of amides is 1. The van der Waals surface area contributed by atoms with Crippen LogP contribution in [-0.2, 0) is 31.4 Å². The molecular weight excluding hydrogens is 320 g/mol. The van der Waals surface area contributed by atoms with Crippen LogP contribution in [0, 0.1) is 5.92 Å². The van der Waals surface area contributed by atoms with Crippen LogP contribution in [0.15, 0.2) is 18.6 Å². The third-order valence-corrected chi connectivity index (χ3v) is 4.87.